The molecule has 0 rings (SSSR count). The Morgan fingerprint density at radius 3 is 1.86 bits per heavy atom. The van der Waals surface area contributed by atoms with Gasteiger partial charge in [-0.3, -0.25) is 0 Å². The molecule has 7 heavy (non-hydrogen) atoms. The highest BCUT2D eigenvalue weighted by Gasteiger charge is 2.17. The second kappa shape index (κ2) is 4.75. The Bertz CT molecular complexity index is 54.9. The van der Waals surface area contributed by atoms with E-state index >= 15 is 0 Å². The van der Waals surface area contributed by atoms with E-state index in [0.29, 0.717) is 23.4 Å². The molecule has 0 aliphatic heterocycles. The number of rotatable bonds is 3. The van der Waals surface area contributed by atoms with Crippen LogP contribution in [0.3, 0.4) is 0 Å². The van der Waals surface area contributed by atoms with Crippen molar-refractivity contribution in [2.75, 3.05) is 11.8 Å². The van der Waals surface area contributed by atoms with Crippen molar-refractivity contribution in [1.82, 2.24) is 0 Å². The minimum Gasteiger partial charge on any atom is -0.120 e. The predicted octanol–water partition coefficient (Wildman–Crippen LogP) is 1.26. The Morgan fingerprint density at radius 1 is 1.43 bits per heavy atom. The van der Waals surface area contributed by atoms with Crippen molar-refractivity contribution >= 4 is 34.9 Å². The van der Waals surface area contributed by atoms with Crippen LogP contribution in [0.15, 0.2) is 0 Å². The molecule has 4 heteroatoms. The summed E-state index contributed by atoms with van der Waals surface area (Å²) in [5, 5.41) is -0.122. The molecule has 0 spiro atoms. The molecule has 0 radical (unpaired) electrons. The molecule has 0 aliphatic carbocycles. The van der Waals surface area contributed by atoms with Gasteiger partial charge >= 0.3 is 11.7 Å². The third kappa shape index (κ3) is 3.21. The Morgan fingerprint density at radius 2 is 1.86 bits per heavy atom. The van der Waals surface area contributed by atoms with E-state index < -0.39 is 0 Å². The van der Waals surface area contributed by atoms with Gasteiger partial charge in [-0.2, -0.15) is 0 Å². The van der Waals surface area contributed by atoms with E-state index in [0.717, 1.165) is 0 Å². The SMILES string of the molecule is O=[S+]C(CCl)CCl. The van der Waals surface area contributed by atoms with E-state index in [1.165, 1.54) is 0 Å². The fourth-order valence-corrected chi connectivity index (χ4v) is 0.834. The van der Waals surface area contributed by atoms with E-state index in [1.54, 1.807) is 0 Å². The highest BCUT2D eigenvalue weighted by atomic mass is 35.5. The maximum Gasteiger partial charge on any atom is 0.464 e. The number of hydrogen-bond donors (Lipinski definition) is 0. The quantitative estimate of drug-likeness (QED) is 0.448. The molecule has 0 amide bonds. The molecule has 0 bridgehead atoms. The number of alkyl halides is 2. The summed E-state index contributed by atoms with van der Waals surface area (Å²) >= 11 is 11.0. The standard InChI is InChI=1S/C3H5Cl2OS/c4-1-3(2-5)7-6/h3H,1-2H2/q+1. The van der Waals surface area contributed by atoms with Gasteiger partial charge in [0.2, 0.25) is 0 Å². The third-order valence-electron chi connectivity index (χ3n) is 0.480. The normalized spacial score (nSPS) is 9.57. The fraction of sp³-hybridized carbons (Fsp3) is 1.00. The highest BCUT2D eigenvalue weighted by molar-refractivity contribution is 7.66. The third-order valence-corrected chi connectivity index (χ3v) is 2.20. The van der Waals surface area contributed by atoms with Gasteiger partial charge in [0.1, 0.15) is 0 Å². The molecule has 0 atom stereocenters. The zero-order chi connectivity index (χ0) is 5.70. The van der Waals surface area contributed by atoms with Gasteiger partial charge in [-0.15, -0.1) is 23.2 Å². The highest BCUT2D eigenvalue weighted by Crippen LogP contribution is 1.92. The summed E-state index contributed by atoms with van der Waals surface area (Å²) in [5.74, 6) is 0.690. The minimum absolute atomic E-state index is 0.122. The van der Waals surface area contributed by atoms with Crippen LogP contribution in [0.1, 0.15) is 0 Å². The lowest BCUT2D eigenvalue weighted by molar-refractivity contribution is 0.601. The summed E-state index contributed by atoms with van der Waals surface area (Å²) in [6.07, 6.45) is 0. The van der Waals surface area contributed by atoms with Crippen molar-refractivity contribution in [2.45, 2.75) is 5.25 Å². The van der Waals surface area contributed by atoms with Gasteiger partial charge in [-0.25, -0.2) is 0 Å². The van der Waals surface area contributed by atoms with Gasteiger partial charge in [-0.05, 0) is 0 Å². The Labute approximate surface area is 56.5 Å². The molecule has 0 aromatic carbocycles. The molecule has 0 unspecified atom stereocenters. The van der Waals surface area contributed by atoms with Crippen molar-refractivity contribution < 1.29 is 4.21 Å². The van der Waals surface area contributed by atoms with Gasteiger partial charge in [0.15, 0.2) is 0 Å². The van der Waals surface area contributed by atoms with Crippen LogP contribution < -0.4 is 0 Å². The maximum absolute atomic E-state index is 9.84. The van der Waals surface area contributed by atoms with Crippen LogP contribution in [-0.4, -0.2) is 17.0 Å². The van der Waals surface area contributed by atoms with Crippen LogP contribution in [-0.2, 0) is 15.9 Å². The number of halogens is 2. The summed E-state index contributed by atoms with van der Waals surface area (Å²) < 4.78 is 9.84. The summed E-state index contributed by atoms with van der Waals surface area (Å²) in [7, 11) is 0. The van der Waals surface area contributed by atoms with E-state index in [9.17, 15) is 4.21 Å². The molecule has 0 aliphatic rings. The lowest BCUT2D eigenvalue weighted by Crippen LogP contribution is -2.08. The maximum atomic E-state index is 9.84. The largest absolute Gasteiger partial charge is 0.464 e. The first-order chi connectivity index (χ1) is 3.35. The van der Waals surface area contributed by atoms with Crippen molar-refractivity contribution in [3.63, 3.8) is 0 Å². The predicted molar refractivity (Wildman–Crippen MR) is 33.3 cm³/mol. The van der Waals surface area contributed by atoms with Crippen molar-refractivity contribution in [1.29, 1.82) is 0 Å². The molecule has 0 aromatic heterocycles. The molecule has 0 saturated heterocycles. The van der Waals surface area contributed by atoms with E-state index in [1.807, 2.05) is 0 Å². The molecule has 0 fully saturated rings. The summed E-state index contributed by atoms with van der Waals surface area (Å²) in [4.78, 5) is 0. The second-order valence-electron chi connectivity index (χ2n) is 1.03. The van der Waals surface area contributed by atoms with Crippen molar-refractivity contribution in [3.05, 3.63) is 0 Å². The lowest BCUT2D eigenvalue weighted by Gasteiger charge is -1.80. The summed E-state index contributed by atoms with van der Waals surface area (Å²) in [5.41, 5.74) is 0. The zero-order valence-corrected chi connectivity index (χ0v) is 5.89. The summed E-state index contributed by atoms with van der Waals surface area (Å²) in [6.45, 7) is 0. The zero-order valence-electron chi connectivity index (χ0n) is 3.56. The topological polar surface area (TPSA) is 17.1 Å². The van der Waals surface area contributed by atoms with Gasteiger partial charge < -0.3 is 0 Å². The average molecular weight is 160 g/mol. The summed E-state index contributed by atoms with van der Waals surface area (Å²) in [6, 6.07) is 0. The van der Waals surface area contributed by atoms with Crippen LogP contribution in [0.25, 0.3) is 0 Å². The van der Waals surface area contributed by atoms with Gasteiger partial charge in [-0.1, -0.05) is 0 Å². The minimum atomic E-state index is -0.122. The first-order valence-electron chi connectivity index (χ1n) is 1.75. The van der Waals surface area contributed by atoms with Crippen molar-refractivity contribution in [2.24, 2.45) is 0 Å². The van der Waals surface area contributed by atoms with Gasteiger partial charge in [0.05, 0.1) is 11.8 Å². The molecule has 0 N–H and O–H groups in total. The molecule has 1 nitrogen and oxygen atoms in total. The monoisotopic (exact) mass is 159 g/mol. The smallest absolute Gasteiger partial charge is 0.120 e. The first-order valence-corrected chi connectivity index (χ1v) is 3.63. The van der Waals surface area contributed by atoms with Crippen molar-refractivity contribution in [3.8, 4) is 0 Å². The van der Waals surface area contributed by atoms with Crippen LogP contribution in [0.4, 0.5) is 0 Å². The Kier molecular flexibility index (Phi) is 5.16. The lowest BCUT2D eigenvalue weighted by atomic mass is 10.6. The fourth-order valence-electron chi connectivity index (χ4n) is 0.0927. The Balaban J connectivity index is 3.16. The average Bonchev–Trinajstić information content (AvgIpc) is 1.72. The molecular formula is C3H5Cl2OS+. The van der Waals surface area contributed by atoms with Crippen LogP contribution in [0, 0.1) is 0 Å². The molecule has 0 saturated carbocycles. The molecular weight excluding hydrogens is 155 g/mol. The van der Waals surface area contributed by atoms with E-state index in [-0.39, 0.29) is 5.25 Å². The molecule has 0 heterocycles. The molecule has 0 aromatic rings. The van der Waals surface area contributed by atoms with Crippen LogP contribution >= 0.6 is 23.2 Å². The van der Waals surface area contributed by atoms with E-state index in [2.05, 4.69) is 0 Å². The molecule has 42 valence electrons. The van der Waals surface area contributed by atoms with E-state index in [4.69, 9.17) is 23.2 Å². The van der Waals surface area contributed by atoms with Crippen LogP contribution in [0.2, 0.25) is 0 Å². The Hall–Kier alpha value is 0.600. The first kappa shape index (κ1) is 7.60. The second-order valence-corrected chi connectivity index (χ2v) is 2.50. The van der Waals surface area contributed by atoms with Crippen LogP contribution in [0.5, 0.6) is 0 Å². The van der Waals surface area contributed by atoms with Gasteiger partial charge in [0.25, 0.3) is 5.25 Å². The van der Waals surface area contributed by atoms with Gasteiger partial charge in [0, 0.05) is 4.21 Å². The number of hydrogen-bond acceptors (Lipinski definition) is 1.